The lowest BCUT2D eigenvalue weighted by Crippen LogP contribution is -2.27. The van der Waals surface area contributed by atoms with Gasteiger partial charge in [0.2, 0.25) is 0 Å². The molecular formula is C11H15ClN2O2. The van der Waals surface area contributed by atoms with Gasteiger partial charge in [0, 0.05) is 6.20 Å². The van der Waals surface area contributed by atoms with Crippen LogP contribution in [0.3, 0.4) is 0 Å². The fraction of sp³-hybridized carbons (Fsp3) is 0.455. The monoisotopic (exact) mass is 242 g/mol. The third-order valence-electron chi connectivity index (χ3n) is 1.65. The van der Waals surface area contributed by atoms with Crippen molar-refractivity contribution in [2.75, 3.05) is 11.9 Å². The first-order valence-electron chi connectivity index (χ1n) is 4.93. The van der Waals surface area contributed by atoms with Crippen LogP contribution in [0.1, 0.15) is 20.8 Å². The molecule has 0 unspecified atom stereocenters. The van der Waals surface area contributed by atoms with Gasteiger partial charge in [-0.15, -0.1) is 0 Å². The summed E-state index contributed by atoms with van der Waals surface area (Å²) in [5, 5.41) is 2.98. The summed E-state index contributed by atoms with van der Waals surface area (Å²) in [5.74, 6) is 0.0854. The first kappa shape index (κ1) is 12.9. The van der Waals surface area contributed by atoms with Crippen LogP contribution < -0.4 is 5.32 Å². The molecule has 0 aliphatic carbocycles. The van der Waals surface area contributed by atoms with Crippen molar-refractivity contribution >= 4 is 23.3 Å². The van der Waals surface area contributed by atoms with E-state index in [1.54, 1.807) is 18.3 Å². The van der Waals surface area contributed by atoms with Gasteiger partial charge in [-0.2, -0.15) is 0 Å². The standard InChI is InChI=1S/C11H15ClN2O2/c1-11(2,3)16-7-9(15)14-10-8(12)5-4-6-13-10/h4-6H,7H2,1-3H3,(H,13,14,15). The summed E-state index contributed by atoms with van der Waals surface area (Å²) in [4.78, 5) is 15.4. The minimum absolute atomic E-state index is 0.0175. The van der Waals surface area contributed by atoms with Crippen LogP contribution in [0.2, 0.25) is 5.02 Å². The number of carbonyl (C=O) groups is 1. The van der Waals surface area contributed by atoms with E-state index >= 15 is 0 Å². The van der Waals surface area contributed by atoms with Crippen LogP contribution in [0.25, 0.3) is 0 Å². The normalized spacial score (nSPS) is 11.2. The van der Waals surface area contributed by atoms with Crippen molar-refractivity contribution in [2.45, 2.75) is 26.4 Å². The first-order chi connectivity index (χ1) is 7.38. The number of carbonyl (C=O) groups excluding carboxylic acids is 1. The largest absolute Gasteiger partial charge is 0.366 e. The van der Waals surface area contributed by atoms with Gasteiger partial charge in [-0.1, -0.05) is 11.6 Å². The highest BCUT2D eigenvalue weighted by Gasteiger charge is 2.13. The summed E-state index contributed by atoms with van der Waals surface area (Å²) in [6, 6.07) is 3.36. The van der Waals surface area contributed by atoms with Crippen LogP contribution in [0.4, 0.5) is 5.82 Å². The number of hydrogen-bond donors (Lipinski definition) is 1. The summed E-state index contributed by atoms with van der Waals surface area (Å²) in [7, 11) is 0. The molecule has 0 aliphatic heterocycles. The quantitative estimate of drug-likeness (QED) is 0.886. The van der Waals surface area contributed by atoms with Gasteiger partial charge < -0.3 is 10.1 Å². The van der Waals surface area contributed by atoms with Crippen LogP contribution in [0, 0.1) is 0 Å². The third kappa shape index (κ3) is 4.59. The predicted octanol–water partition coefficient (Wildman–Crippen LogP) is 2.49. The van der Waals surface area contributed by atoms with Gasteiger partial charge in [0.1, 0.15) is 6.61 Å². The molecule has 0 aliphatic rings. The van der Waals surface area contributed by atoms with Crippen molar-refractivity contribution in [1.29, 1.82) is 0 Å². The second kappa shape index (κ2) is 5.27. The Morgan fingerprint density at radius 3 is 2.81 bits per heavy atom. The molecule has 1 N–H and O–H groups in total. The van der Waals surface area contributed by atoms with Crippen LogP contribution in [-0.4, -0.2) is 23.1 Å². The van der Waals surface area contributed by atoms with Crippen molar-refractivity contribution in [3.05, 3.63) is 23.4 Å². The van der Waals surface area contributed by atoms with E-state index in [1.807, 2.05) is 20.8 Å². The molecule has 4 nitrogen and oxygen atoms in total. The lowest BCUT2D eigenvalue weighted by molar-refractivity contribution is -0.125. The highest BCUT2D eigenvalue weighted by atomic mass is 35.5. The average molecular weight is 243 g/mol. The maximum absolute atomic E-state index is 11.5. The average Bonchev–Trinajstić information content (AvgIpc) is 2.18. The highest BCUT2D eigenvalue weighted by Crippen LogP contribution is 2.17. The topological polar surface area (TPSA) is 51.2 Å². The van der Waals surface area contributed by atoms with Crippen LogP contribution in [0.15, 0.2) is 18.3 Å². The Balaban J connectivity index is 2.50. The van der Waals surface area contributed by atoms with E-state index in [1.165, 1.54) is 0 Å². The number of anilines is 1. The minimum Gasteiger partial charge on any atom is -0.366 e. The van der Waals surface area contributed by atoms with E-state index in [0.29, 0.717) is 10.8 Å². The van der Waals surface area contributed by atoms with E-state index in [0.717, 1.165) is 0 Å². The predicted molar refractivity (Wildman–Crippen MR) is 63.6 cm³/mol. The molecular weight excluding hydrogens is 228 g/mol. The molecule has 1 heterocycles. The highest BCUT2D eigenvalue weighted by molar-refractivity contribution is 6.33. The van der Waals surface area contributed by atoms with Gasteiger partial charge in [-0.3, -0.25) is 4.79 Å². The zero-order chi connectivity index (χ0) is 12.2. The first-order valence-corrected chi connectivity index (χ1v) is 5.30. The second-order valence-electron chi connectivity index (χ2n) is 4.28. The SMILES string of the molecule is CC(C)(C)OCC(=O)Nc1ncccc1Cl. The molecule has 0 fully saturated rings. The molecule has 0 radical (unpaired) electrons. The molecule has 0 atom stereocenters. The Labute approximate surface area is 100.0 Å². The number of halogens is 1. The molecule has 0 spiro atoms. The lowest BCUT2D eigenvalue weighted by atomic mass is 10.2. The lowest BCUT2D eigenvalue weighted by Gasteiger charge is -2.18. The number of nitrogens with one attached hydrogen (secondary N) is 1. The van der Waals surface area contributed by atoms with Crippen molar-refractivity contribution in [1.82, 2.24) is 4.98 Å². The molecule has 5 heteroatoms. The summed E-state index contributed by atoms with van der Waals surface area (Å²) in [5.41, 5.74) is -0.342. The fourth-order valence-corrected chi connectivity index (χ4v) is 1.10. The maximum atomic E-state index is 11.5. The molecule has 0 saturated carbocycles. The number of amides is 1. The van der Waals surface area contributed by atoms with E-state index in [2.05, 4.69) is 10.3 Å². The molecule has 1 aromatic heterocycles. The Morgan fingerprint density at radius 1 is 1.56 bits per heavy atom. The molecule has 1 rings (SSSR count). The van der Waals surface area contributed by atoms with Crippen LogP contribution >= 0.6 is 11.6 Å². The number of rotatable bonds is 3. The Bertz CT molecular complexity index is 374. The summed E-state index contributed by atoms with van der Waals surface area (Å²) in [6.07, 6.45) is 1.56. The van der Waals surface area contributed by atoms with Crippen molar-refractivity contribution in [2.24, 2.45) is 0 Å². The smallest absolute Gasteiger partial charge is 0.251 e. The van der Waals surface area contributed by atoms with Gasteiger partial charge in [-0.05, 0) is 32.9 Å². The van der Waals surface area contributed by atoms with Crippen molar-refractivity contribution < 1.29 is 9.53 Å². The van der Waals surface area contributed by atoms with Gasteiger partial charge in [0.15, 0.2) is 5.82 Å². The number of aromatic nitrogens is 1. The fourth-order valence-electron chi connectivity index (χ4n) is 0.928. The van der Waals surface area contributed by atoms with Gasteiger partial charge in [0.25, 0.3) is 5.91 Å². The third-order valence-corrected chi connectivity index (χ3v) is 1.96. The zero-order valence-electron chi connectivity index (χ0n) is 9.58. The van der Waals surface area contributed by atoms with E-state index in [9.17, 15) is 4.79 Å². The van der Waals surface area contributed by atoms with Crippen molar-refractivity contribution in [3.63, 3.8) is 0 Å². The minimum atomic E-state index is -0.342. The van der Waals surface area contributed by atoms with E-state index < -0.39 is 0 Å². The molecule has 1 amide bonds. The number of hydrogen-bond acceptors (Lipinski definition) is 3. The van der Waals surface area contributed by atoms with Gasteiger partial charge in [0.05, 0.1) is 10.6 Å². The van der Waals surface area contributed by atoms with E-state index in [4.69, 9.17) is 16.3 Å². The Hall–Kier alpha value is -1.13. The maximum Gasteiger partial charge on any atom is 0.251 e. The molecule has 1 aromatic rings. The molecule has 88 valence electrons. The van der Waals surface area contributed by atoms with Gasteiger partial charge in [-0.25, -0.2) is 4.98 Å². The van der Waals surface area contributed by atoms with Crippen LogP contribution in [-0.2, 0) is 9.53 Å². The number of pyridine rings is 1. The molecule has 16 heavy (non-hydrogen) atoms. The van der Waals surface area contributed by atoms with Crippen LogP contribution in [0.5, 0.6) is 0 Å². The summed E-state index contributed by atoms with van der Waals surface area (Å²) in [6.45, 7) is 5.63. The van der Waals surface area contributed by atoms with Gasteiger partial charge >= 0.3 is 0 Å². The number of nitrogens with zero attached hydrogens (tertiary/aromatic N) is 1. The molecule has 0 bridgehead atoms. The Kier molecular flexibility index (Phi) is 4.26. The van der Waals surface area contributed by atoms with E-state index in [-0.39, 0.29) is 18.1 Å². The zero-order valence-corrected chi connectivity index (χ0v) is 10.3. The van der Waals surface area contributed by atoms with Crippen molar-refractivity contribution in [3.8, 4) is 0 Å². The Morgan fingerprint density at radius 2 is 2.25 bits per heavy atom. The second-order valence-corrected chi connectivity index (χ2v) is 4.69. The number of ether oxygens (including phenoxy) is 1. The molecule has 0 saturated heterocycles. The summed E-state index contributed by atoms with van der Waals surface area (Å²) < 4.78 is 5.32. The summed E-state index contributed by atoms with van der Waals surface area (Å²) >= 11 is 5.84. The molecule has 0 aromatic carbocycles.